The zero-order chi connectivity index (χ0) is 16.3. The maximum atomic E-state index is 12.6. The van der Waals surface area contributed by atoms with E-state index in [0.717, 1.165) is 18.7 Å². The fourth-order valence-corrected chi connectivity index (χ4v) is 4.74. The second-order valence-electron chi connectivity index (χ2n) is 5.72. The zero-order valence-corrected chi connectivity index (χ0v) is 14.4. The molecular weight excluding hydrogens is 309 g/mol. The van der Waals surface area contributed by atoms with Gasteiger partial charge in [-0.25, -0.2) is 0 Å². The van der Waals surface area contributed by atoms with E-state index in [1.54, 1.807) is 0 Å². The molecule has 0 aliphatic heterocycles. The quantitative estimate of drug-likeness (QED) is 0.708. The topological polar surface area (TPSA) is 38.8 Å². The van der Waals surface area contributed by atoms with Crippen molar-refractivity contribution in [2.24, 2.45) is 0 Å². The van der Waals surface area contributed by atoms with Gasteiger partial charge in [-0.3, -0.25) is 4.57 Å². The minimum Gasteiger partial charge on any atom is -0.363 e. The minimum atomic E-state index is -3.02. The van der Waals surface area contributed by atoms with E-state index in [1.807, 2.05) is 36.4 Å². The summed E-state index contributed by atoms with van der Waals surface area (Å²) in [4.78, 5) is 2.30. The Morgan fingerprint density at radius 3 is 2.13 bits per heavy atom. The van der Waals surface area contributed by atoms with Gasteiger partial charge >= 0.3 is 7.60 Å². The molecule has 2 aromatic rings. The normalized spacial score (nSPS) is 20.3. The molecule has 5 heteroatoms. The highest BCUT2D eigenvalue weighted by Crippen LogP contribution is 2.63. The van der Waals surface area contributed by atoms with Gasteiger partial charge in [0.05, 0.1) is 5.66 Å². The smallest absolute Gasteiger partial charge is 0.335 e. The van der Waals surface area contributed by atoms with Crippen LogP contribution in [0, 0.1) is 0 Å². The fourth-order valence-electron chi connectivity index (χ4n) is 2.99. The van der Waals surface area contributed by atoms with Gasteiger partial charge in [0, 0.05) is 32.5 Å². The molecule has 0 amide bonds. The maximum absolute atomic E-state index is 12.6. The van der Waals surface area contributed by atoms with Gasteiger partial charge in [-0.15, -0.1) is 0 Å². The third-order valence-corrected chi connectivity index (χ3v) is 6.71. The number of benzene rings is 2. The minimum absolute atomic E-state index is 0.0681. The molecule has 0 unspecified atom stereocenters. The summed E-state index contributed by atoms with van der Waals surface area (Å²) < 4.78 is 23.0. The molecule has 0 radical (unpaired) electrons. The SMILES string of the molecule is COP(=O)(OC)[C@@H]1C[C@H]1N(Cc1ccccc1)c1ccccc1. The van der Waals surface area contributed by atoms with Gasteiger partial charge in [0.15, 0.2) is 0 Å². The first kappa shape index (κ1) is 16.3. The Balaban J connectivity index is 1.84. The van der Waals surface area contributed by atoms with Crippen LogP contribution in [0.3, 0.4) is 0 Å². The lowest BCUT2D eigenvalue weighted by molar-refractivity contribution is 0.274. The molecule has 1 aliphatic carbocycles. The average Bonchev–Trinajstić information content (AvgIpc) is 3.42. The molecule has 23 heavy (non-hydrogen) atoms. The molecule has 3 rings (SSSR count). The summed E-state index contributed by atoms with van der Waals surface area (Å²) in [6, 6.07) is 20.7. The molecule has 0 bridgehead atoms. The number of nitrogens with zero attached hydrogens (tertiary/aromatic N) is 1. The Bertz CT molecular complexity index is 669. The molecule has 0 N–H and O–H groups in total. The molecule has 0 saturated heterocycles. The van der Waals surface area contributed by atoms with Crippen LogP contribution in [-0.2, 0) is 20.2 Å². The van der Waals surface area contributed by atoms with E-state index in [2.05, 4.69) is 29.2 Å². The third kappa shape index (κ3) is 3.50. The van der Waals surface area contributed by atoms with Crippen molar-refractivity contribution >= 4 is 13.3 Å². The molecule has 0 heterocycles. The molecule has 122 valence electrons. The van der Waals surface area contributed by atoms with Crippen molar-refractivity contribution in [3.05, 3.63) is 66.2 Å². The first-order chi connectivity index (χ1) is 11.2. The van der Waals surface area contributed by atoms with Gasteiger partial charge < -0.3 is 13.9 Å². The fraction of sp³-hybridized carbons (Fsp3) is 0.333. The van der Waals surface area contributed by atoms with Crippen molar-refractivity contribution in [2.75, 3.05) is 19.1 Å². The van der Waals surface area contributed by atoms with Crippen LogP contribution in [0.1, 0.15) is 12.0 Å². The monoisotopic (exact) mass is 331 g/mol. The lowest BCUT2D eigenvalue weighted by Gasteiger charge is -2.26. The third-order valence-electron chi connectivity index (χ3n) is 4.32. The summed E-state index contributed by atoms with van der Waals surface area (Å²) in [7, 11) is -0.0948. The van der Waals surface area contributed by atoms with Crippen molar-refractivity contribution in [1.29, 1.82) is 0 Å². The molecule has 0 spiro atoms. The van der Waals surface area contributed by atoms with Crippen LogP contribution in [0.2, 0.25) is 0 Å². The van der Waals surface area contributed by atoms with Crippen LogP contribution in [-0.4, -0.2) is 25.9 Å². The van der Waals surface area contributed by atoms with Crippen molar-refractivity contribution in [1.82, 2.24) is 0 Å². The summed E-state index contributed by atoms with van der Waals surface area (Å²) in [6.07, 6.45) is 0.820. The zero-order valence-electron chi connectivity index (χ0n) is 13.5. The second kappa shape index (κ2) is 6.88. The van der Waals surface area contributed by atoms with E-state index in [9.17, 15) is 4.57 Å². The lowest BCUT2D eigenvalue weighted by Crippen LogP contribution is -2.27. The van der Waals surface area contributed by atoms with Crippen LogP contribution in [0.4, 0.5) is 5.69 Å². The summed E-state index contributed by atoms with van der Waals surface area (Å²) in [5, 5.41) is 0. The molecule has 0 aromatic heterocycles. The molecule has 1 fully saturated rings. The number of rotatable bonds is 7. The van der Waals surface area contributed by atoms with E-state index < -0.39 is 7.60 Å². The summed E-state index contributed by atoms with van der Waals surface area (Å²) in [5.41, 5.74) is 2.29. The molecule has 2 atom stereocenters. The standard InChI is InChI=1S/C18H22NO3P/c1-21-23(20,22-2)18-13-17(18)19(16-11-7-4-8-12-16)14-15-9-5-3-6-10-15/h3-12,17-18H,13-14H2,1-2H3/t17-,18-/m1/s1. The Kier molecular flexibility index (Phi) is 4.86. The highest BCUT2D eigenvalue weighted by atomic mass is 31.2. The van der Waals surface area contributed by atoms with Gasteiger partial charge in [0.2, 0.25) is 0 Å². The van der Waals surface area contributed by atoms with E-state index >= 15 is 0 Å². The second-order valence-corrected chi connectivity index (χ2v) is 8.20. The predicted molar refractivity (Wildman–Crippen MR) is 92.9 cm³/mol. The van der Waals surface area contributed by atoms with Crippen LogP contribution < -0.4 is 4.90 Å². The number of hydrogen-bond donors (Lipinski definition) is 0. The van der Waals surface area contributed by atoms with E-state index in [0.29, 0.717) is 0 Å². The van der Waals surface area contributed by atoms with Crippen LogP contribution in [0.5, 0.6) is 0 Å². The summed E-state index contributed by atoms with van der Waals surface area (Å²) in [6.45, 7) is 0.777. The number of hydrogen-bond acceptors (Lipinski definition) is 4. The molecule has 1 aliphatic rings. The summed E-state index contributed by atoms with van der Waals surface area (Å²) >= 11 is 0. The van der Waals surface area contributed by atoms with Crippen LogP contribution in [0.25, 0.3) is 0 Å². The van der Waals surface area contributed by atoms with Gasteiger partial charge in [0.1, 0.15) is 0 Å². The molecule has 1 saturated carbocycles. The molecule has 2 aromatic carbocycles. The highest BCUT2D eigenvalue weighted by Gasteiger charge is 2.54. The van der Waals surface area contributed by atoms with Gasteiger partial charge in [-0.05, 0) is 24.1 Å². The Labute approximate surface area is 137 Å². The largest absolute Gasteiger partial charge is 0.363 e. The Morgan fingerprint density at radius 1 is 1.00 bits per heavy atom. The highest BCUT2D eigenvalue weighted by molar-refractivity contribution is 7.55. The van der Waals surface area contributed by atoms with Crippen LogP contribution in [0.15, 0.2) is 60.7 Å². The first-order valence-corrected chi connectivity index (χ1v) is 9.36. The lowest BCUT2D eigenvalue weighted by atomic mass is 10.2. The average molecular weight is 331 g/mol. The first-order valence-electron chi connectivity index (χ1n) is 7.75. The predicted octanol–water partition coefficient (Wildman–Crippen LogP) is 4.32. The van der Waals surface area contributed by atoms with Crippen molar-refractivity contribution in [3.63, 3.8) is 0 Å². The molecule has 4 nitrogen and oxygen atoms in total. The van der Waals surface area contributed by atoms with Gasteiger partial charge in [0.25, 0.3) is 0 Å². The van der Waals surface area contributed by atoms with E-state index in [1.165, 1.54) is 19.8 Å². The van der Waals surface area contributed by atoms with Crippen molar-refractivity contribution in [2.45, 2.75) is 24.7 Å². The number of anilines is 1. The Morgan fingerprint density at radius 2 is 1.57 bits per heavy atom. The number of para-hydroxylation sites is 1. The van der Waals surface area contributed by atoms with E-state index in [4.69, 9.17) is 9.05 Å². The van der Waals surface area contributed by atoms with E-state index in [-0.39, 0.29) is 11.7 Å². The van der Waals surface area contributed by atoms with Crippen molar-refractivity contribution < 1.29 is 13.6 Å². The van der Waals surface area contributed by atoms with Crippen molar-refractivity contribution in [3.8, 4) is 0 Å². The summed E-state index contributed by atoms with van der Waals surface area (Å²) in [5.74, 6) is 0. The molecular formula is C18H22NO3P. The Hall–Kier alpha value is -1.61. The van der Waals surface area contributed by atoms with Crippen LogP contribution >= 0.6 is 7.60 Å². The van der Waals surface area contributed by atoms with Gasteiger partial charge in [-0.1, -0.05) is 48.5 Å². The maximum Gasteiger partial charge on any atom is 0.335 e. The van der Waals surface area contributed by atoms with Gasteiger partial charge in [-0.2, -0.15) is 0 Å².